The van der Waals surface area contributed by atoms with Crippen LogP contribution in [-0.4, -0.2) is 29.0 Å². The number of anilines is 1. The van der Waals surface area contributed by atoms with Gasteiger partial charge in [-0.2, -0.15) is 0 Å². The molecule has 0 radical (unpaired) electrons. The normalized spacial score (nSPS) is 19.7. The second-order valence-electron chi connectivity index (χ2n) is 6.29. The molecular formula is C17H19N3O2. The molecule has 0 saturated carbocycles. The van der Waals surface area contributed by atoms with E-state index in [9.17, 15) is 4.79 Å². The highest BCUT2D eigenvalue weighted by molar-refractivity contribution is 6.05. The number of carbonyl (C=O) groups excluding carboxylic acids is 1. The van der Waals surface area contributed by atoms with E-state index in [1.165, 1.54) is 0 Å². The molecule has 0 aromatic carbocycles. The third-order valence-electron chi connectivity index (χ3n) is 3.80. The Balaban J connectivity index is 1.95. The summed E-state index contributed by atoms with van der Waals surface area (Å²) in [5.74, 6) is 1.69. The number of Topliss-reactive ketones (excluding diaryl/α,β-unsaturated/α-hetero) is 1. The van der Waals surface area contributed by atoms with E-state index in [4.69, 9.17) is 4.52 Å². The zero-order valence-corrected chi connectivity index (χ0v) is 13.0. The van der Waals surface area contributed by atoms with Gasteiger partial charge in [-0.15, -0.1) is 0 Å². The van der Waals surface area contributed by atoms with Gasteiger partial charge in [0.15, 0.2) is 11.6 Å². The van der Waals surface area contributed by atoms with Gasteiger partial charge in [0.25, 0.3) is 0 Å². The number of carbonyl (C=O) groups is 1. The summed E-state index contributed by atoms with van der Waals surface area (Å²) in [6.45, 7) is 6.92. The lowest BCUT2D eigenvalue weighted by molar-refractivity contribution is -0.123. The lowest BCUT2D eigenvalue weighted by Gasteiger charge is -2.38. The highest BCUT2D eigenvalue weighted by atomic mass is 16.5. The van der Waals surface area contributed by atoms with E-state index in [1.54, 1.807) is 6.20 Å². The van der Waals surface area contributed by atoms with Gasteiger partial charge in [0.2, 0.25) is 0 Å². The molecule has 5 nitrogen and oxygen atoms in total. The van der Waals surface area contributed by atoms with Gasteiger partial charge in [0.1, 0.15) is 5.76 Å². The molecule has 2 aromatic heterocycles. The van der Waals surface area contributed by atoms with Gasteiger partial charge in [0, 0.05) is 36.3 Å². The minimum absolute atomic E-state index is 0.162. The van der Waals surface area contributed by atoms with Crippen molar-refractivity contribution in [1.82, 2.24) is 10.1 Å². The molecular weight excluding hydrogens is 278 g/mol. The van der Waals surface area contributed by atoms with Crippen molar-refractivity contribution < 1.29 is 9.32 Å². The standard InChI is InChI=1S/C17H19N3O2/c1-12-8-15(19-22-12)20-10-13(16(21)17(2,3)11-20)9-14-6-4-5-7-18-14/h4-9H,10-11H2,1-3H3/b13-9-. The van der Waals surface area contributed by atoms with Crippen LogP contribution in [0.1, 0.15) is 25.3 Å². The van der Waals surface area contributed by atoms with E-state index in [2.05, 4.69) is 15.0 Å². The first-order valence-electron chi connectivity index (χ1n) is 7.30. The molecule has 0 aliphatic carbocycles. The van der Waals surface area contributed by atoms with Gasteiger partial charge >= 0.3 is 0 Å². The zero-order chi connectivity index (χ0) is 15.7. The lowest BCUT2D eigenvalue weighted by Crippen LogP contribution is -2.48. The minimum Gasteiger partial charge on any atom is -0.360 e. The van der Waals surface area contributed by atoms with E-state index >= 15 is 0 Å². The molecule has 114 valence electrons. The van der Waals surface area contributed by atoms with E-state index in [0.717, 1.165) is 22.8 Å². The average Bonchev–Trinajstić information content (AvgIpc) is 2.91. The van der Waals surface area contributed by atoms with Crippen molar-refractivity contribution in [3.05, 3.63) is 47.5 Å². The maximum absolute atomic E-state index is 12.7. The zero-order valence-electron chi connectivity index (χ0n) is 13.0. The predicted octanol–water partition coefficient (Wildman–Crippen LogP) is 2.88. The van der Waals surface area contributed by atoms with Gasteiger partial charge in [-0.1, -0.05) is 25.1 Å². The summed E-state index contributed by atoms with van der Waals surface area (Å²) in [7, 11) is 0. The molecule has 0 spiro atoms. The molecule has 0 bridgehead atoms. The summed E-state index contributed by atoms with van der Waals surface area (Å²) >= 11 is 0. The third-order valence-corrected chi connectivity index (χ3v) is 3.80. The first-order valence-corrected chi connectivity index (χ1v) is 7.30. The Morgan fingerprint density at radius 1 is 1.36 bits per heavy atom. The summed E-state index contributed by atoms with van der Waals surface area (Å²) in [5, 5.41) is 4.07. The van der Waals surface area contributed by atoms with Crippen molar-refractivity contribution >= 4 is 17.7 Å². The lowest BCUT2D eigenvalue weighted by atomic mass is 9.80. The Bertz CT molecular complexity index is 717. The molecule has 0 N–H and O–H groups in total. The highest BCUT2D eigenvalue weighted by Gasteiger charge is 2.38. The van der Waals surface area contributed by atoms with E-state index in [-0.39, 0.29) is 5.78 Å². The fourth-order valence-corrected chi connectivity index (χ4v) is 2.73. The summed E-state index contributed by atoms with van der Waals surface area (Å²) < 4.78 is 5.16. The second-order valence-corrected chi connectivity index (χ2v) is 6.29. The Morgan fingerprint density at radius 2 is 2.18 bits per heavy atom. The number of hydrogen-bond donors (Lipinski definition) is 0. The second kappa shape index (κ2) is 5.40. The molecule has 3 rings (SSSR count). The monoisotopic (exact) mass is 297 g/mol. The quantitative estimate of drug-likeness (QED) is 0.798. The molecule has 0 amide bonds. The number of aryl methyl sites for hydroxylation is 1. The fraction of sp³-hybridized carbons (Fsp3) is 0.353. The maximum atomic E-state index is 12.7. The van der Waals surface area contributed by atoms with Crippen LogP contribution in [-0.2, 0) is 4.79 Å². The van der Waals surface area contributed by atoms with Crippen LogP contribution < -0.4 is 4.90 Å². The SMILES string of the molecule is Cc1cc(N2C/C(=C/c3ccccn3)C(=O)C(C)(C)C2)no1. The number of rotatable bonds is 2. The number of ketones is 1. The highest BCUT2D eigenvalue weighted by Crippen LogP contribution is 2.32. The Labute approximate surface area is 129 Å². The number of pyridine rings is 1. The van der Waals surface area contributed by atoms with Gasteiger partial charge in [-0.05, 0) is 25.1 Å². The maximum Gasteiger partial charge on any atom is 0.172 e. The summed E-state index contributed by atoms with van der Waals surface area (Å²) in [6, 6.07) is 7.56. The topological polar surface area (TPSA) is 59.2 Å². The van der Waals surface area contributed by atoms with Gasteiger partial charge < -0.3 is 9.42 Å². The van der Waals surface area contributed by atoms with E-state index in [1.807, 2.05) is 51.1 Å². The number of hydrogen-bond acceptors (Lipinski definition) is 5. The largest absolute Gasteiger partial charge is 0.360 e. The van der Waals surface area contributed by atoms with Gasteiger partial charge in [-0.3, -0.25) is 9.78 Å². The number of aromatic nitrogens is 2. The molecule has 0 unspecified atom stereocenters. The molecule has 22 heavy (non-hydrogen) atoms. The van der Waals surface area contributed by atoms with Crippen molar-refractivity contribution in [3.63, 3.8) is 0 Å². The van der Waals surface area contributed by atoms with Gasteiger partial charge in [-0.25, -0.2) is 0 Å². The van der Waals surface area contributed by atoms with Crippen molar-refractivity contribution in [2.75, 3.05) is 18.0 Å². The molecule has 1 saturated heterocycles. The van der Waals surface area contributed by atoms with Crippen LogP contribution in [0.25, 0.3) is 6.08 Å². The Morgan fingerprint density at radius 3 is 2.82 bits per heavy atom. The van der Waals surface area contributed by atoms with Crippen molar-refractivity contribution in [3.8, 4) is 0 Å². The van der Waals surface area contributed by atoms with E-state index in [0.29, 0.717) is 13.1 Å². The number of piperidine rings is 1. The Kier molecular flexibility index (Phi) is 3.56. The minimum atomic E-state index is -0.467. The third kappa shape index (κ3) is 2.79. The molecule has 1 fully saturated rings. The van der Waals surface area contributed by atoms with Crippen LogP contribution in [0.4, 0.5) is 5.82 Å². The number of nitrogens with zero attached hydrogens (tertiary/aromatic N) is 3. The molecule has 1 aliphatic rings. The average molecular weight is 297 g/mol. The predicted molar refractivity (Wildman–Crippen MR) is 84.5 cm³/mol. The molecule has 1 aliphatic heterocycles. The smallest absolute Gasteiger partial charge is 0.172 e. The van der Waals surface area contributed by atoms with Crippen LogP contribution >= 0.6 is 0 Å². The molecule has 2 aromatic rings. The van der Waals surface area contributed by atoms with Gasteiger partial charge in [0.05, 0.1) is 5.69 Å². The first-order chi connectivity index (χ1) is 10.5. The summed E-state index contributed by atoms with van der Waals surface area (Å²) in [5.41, 5.74) is 1.07. The van der Waals surface area contributed by atoms with Crippen LogP contribution in [0.3, 0.4) is 0 Å². The molecule has 0 atom stereocenters. The van der Waals surface area contributed by atoms with Crippen LogP contribution in [0.5, 0.6) is 0 Å². The first kappa shape index (κ1) is 14.5. The molecule has 5 heteroatoms. The van der Waals surface area contributed by atoms with Crippen molar-refractivity contribution in [2.24, 2.45) is 5.41 Å². The Hall–Kier alpha value is -2.43. The summed E-state index contributed by atoms with van der Waals surface area (Å²) in [6.07, 6.45) is 3.59. The van der Waals surface area contributed by atoms with Crippen molar-refractivity contribution in [2.45, 2.75) is 20.8 Å². The van der Waals surface area contributed by atoms with Crippen LogP contribution in [0, 0.1) is 12.3 Å². The van der Waals surface area contributed by atoms with Crippen LogP contribution in [0.15, 0.2) is 40.6 Å². The molecule has 3 heterocycles. The van der Waals surface area contributed by atoms with E-state index < -0.39 is 5.41 Å². The summed E-state index contributed by atoms with van der Waals surface area (Å²) in [4.78, 5) is 19.0. The fourth-order valence-electron chi connectivity index (χ4n) is 2.73. The van der Waals surface area contributed by atoms with Crippen LogP contribution in [0.2, 0.25) is 0 Å². The van der Waals surface area contributed by atoms with Crippen molar-refractivity contribution in [1.29, 1.82) is 0 Å².